The number of carbonyl (C=O) groups is 4. The van der Waals surface area contributed by atoms with Crippen LogP contribution in [0.3, 0.4) is 0 Å². The Labute approximate surface area is 230 Å². The summed E-state index contributed by atoms with van der Waals surface area (Å²) in [4.78, 5) is 53.4. The standard InChI is InChI=1S/C28H22N2O9S/c1-12(31)20-15(32)9-19-28(2,24(20)34)22-16(33)8-17-21(23(22)39-19)25(35)30(27(37-3)38-17)26(36)29-10-13-11-40-18-7-5-4-6-14(13)18/h4-9,11,27,32-33H,10H2,1-3H3,(H,29,36)/t27?,28-/m1/s1. The minimum atomic E-state index is -1.72. The molecule has 1 unspecified atom stereocenters. The number of phenols is 1. The average molecular weight is 563 g/mol. The fourth-order valence-electron chi connectivity index (χ4n) is 5.28. The molecule has 1 aliphatic carbocycles. The van der Waals surface area contributed by atoms with E-state index in [9.17, 15) is 29.4 Å². The summed E-state index contributed by atoms with van der Waals surface area (Å²) >= 11 is 1.53. The molecule has 0 saturated carbocycles. The Morgan fingerprint density at radius 1 is 1.23 bits per heavy atom. The van der Waals surface area contributed by atoms with E-state index < -0.39 is 52.4 Å². The van der Waals surface area contributed by atoms with Crippen molar-refractivity contribution in [2.75, 3.05) is 7.11 Å². The lowest BCUT2D eigenvalue weighted by atomic mass is 9.71. The maximum atomic E-state index is 13.8. The second-order valence-corrected chi connectivity index (χ2v) is 10.5. The minimum Gasteiger partial charge on any atom is -0.507 e. The molecule has 1 aromatic heterocycles. The number of aromatic hydroxyl groups is 1. The number of imide groups is 1. The number of phenolic OH excluding ortho intramolecular Hbond substituents is 1. The highest BCUT2D eigenvalue weighted by atomic mass is 32.1. The van der Waals surface area contributed by atoms with Crippen molar-refractivity contribution < 1.29 is 43.6 Å². The monoisotopic (exact) mass is 562 g/mol. The third-order valence-electron chi connectivity index (χ3n) is 7.27. The van der Waals surface area contributed by atoms with Crippen LogP contribution in [0.25, 0.3) is 10.1 Å². The van der Waals surface area contributed by atoms with Gasteiger partial charge < -0.3 is 29.7 Å². The number of benzene rings is 2. The number of hydrogen-bond donors (Lipinski definition) is 3. The quantitative estimate of drug-likeness (QED) is 0.403. The fraction of sp³-hybridized carbons (Fsp3) is 0.214. The molecular weight excluding hydrogens is 540 g/mol. The number of aliphatic hydroxyl groups is 1. The molecule has 0 spiro atoms. The molecule has 2 aromatic carbocycles. The largest absolute Gasteiger partial charge is 0.507 e. The number of nitrogens with one attached hydrogen (secondary N) is 1. The van der Waals surface area contributed by atoms with Gasteiger partial charge in [0.25, 0.3) is 12.3 Å². The van der Waals surface area contributed by atoms with Gasteiger partial charge in [0.15, 0.2) is 17.3 Å². The zero-order valence-electron chi connectivity index (χ0n) is 21.4. The van der Waals surface area contributed by atoms with Gasteiger partial charge >= 0.3 is 6.03 Å². The second-order valence-electron chi connectivity index (χ2n) is 9.61. The van der Waals surface area contributed by atoms with E-state index in [0.717, 1.165) is 39.6 Å². The molecule has 12 heteroatoms. The summed E-state index contributed by atoms with van der Waals surface area (Å²) in [6, 6.07) is 8.03. The Bertz CT molecular complexity index is 1740. The Morgan fingerprint density at radius 2 is 1.98 bits per heavy atom. The maximum Gasteiger partial charge on any atom is 0.329 e. The molecule has 3 aromatic rings. The van der Waals surface area contributed by atoms with Crippen LogP contribution in [0.5, 0.6) is 17.2 Å². The van der Waals surface area contributed by atoms with Crippen LogP contribution in [0.4, 0.5) is 4.79 Å². The molecule has 204 valence electrons. The van der Waals surface area contributed by atoms with Gasteiger partial charge in [-0.25, -0.2) is 4.79 Å². The summed E-state index contributed by atoms with van der Waals surface area (Å²) in [5, 5.41) is 26.9. The van der Waals surface area contributed by atoms with Crippen molar-refractivity contribution in [1.82, 2.24) is 10.2 Å². The first-order chi connectivity index (χ1) is 19.1. The van der Waals surface area contributed by atoms with Crippen LogP contribution < -0.4 is 14.8 Å². The molecule has 0 fully saturated rings. The van der Waals surface area contributed by atoms with Crippen LogP contribution in [0, 0.1) is 0 Å². The number of amides is 3. The summed E-state index contributed by atoms with van der Waals surface area (Å²) < 4.78 is 17.9. The number of urea groups is 1. The number of rotatable bonds is 4. The van der Waals surface area contributed by atoms with Crippen molar-refractivity contribution in [1.29, 1.82) is 0 Å². The minimum absolute atomic E-state index is 0.0910. The number of carbonyl (C=O) groups excluding carboxylic acids is 4. The summed E-state index contributed by atoms with van der Waals surface area (Å²) in [7, 11) is 1.25. The fourth-order valence-corrected chi connectivity index (χ4v) is 6.25. The molecule has 0 saturated heterocycles. The van der Waals surface area contributed by atoms with Crippen LogP contribution in [0.15, 0.2) is 58.9 Å². The molecule has 6 rings (SSSR count). The zero-order chi connectivity index (χ0) is 28.5. The molecule has 2 atom stereocenters. The van der Waals surface area contributed by atoms with Crippen molar-refractivity contribution in [3.8, 4) is 17.2 Å². The summed E-state index contributed by atoms with van der Waals surface area (Å²) in [5.41, 5.74) is -1.63. The topological polar surface area (TPSA) is 152 Å². The molecule has 3 N–H and O–H groups in total. The Morgan fingerprint density at radius 3 is 2.70 bits per heavy atom. The van der Waals surface area contributed by atoms with Crippen molar-refractivity contribution >= 4 is 44.9 Å². The predicted molar refractivity (Wildman–Crippen MR) is 141 cm³/mol. The first-order valence-corrected chi connectivity index (χ1v) is 13.0. The lowest BCUT2D eigenvalue weighted by molar-refractivity contribution is -0.129. The van der Waals surface area contributed by atoms with E-state index >= 15 is 0 Å². The number of Topliss-reactive ketones (excluding diaryl/α,β-unsaturated/α-hetero) is 2. The van der Waals surface area contributed by atoms with Crippen molar-refractivity contribution in [3.05, 3.63) is 75.6 Å². The predicted octanol–water partition coefficient (Wildman–Crippen LogP) is 3.80. The third kappa shape index (κ3) is 3.46. The molecular formula is C28H22N2O9S. The molecule has 0 bridgehead atoms. The van der Waals surface area contributed by atoms with Crippen LogP contribution in [0.2, 0.25) is 0 Å². The van der Waals surface area contributed by atoms with Crippen molar-refractivity contribution in [3.63, 3.8) is 0 Å². The normalized spacial score (nSPS) is 21.3. The Balaban J connectivity index is 1.38. The molecule has 3 heterocycles. The van der Waals surface area contributed by atoms with Crippen LogP contribution in [-0.2, 0) is 26.3 Å². The van der Waals surface area contributed by atoms with E-state index in [2.05, 4.69) is 5.32 Å². The third-order valence-corrected chi connectivity index (χ3v) is 8.28. The molecule has 0 radical (unpaired) electrons. The number of methoxy groups -OCH3 is 1. The zero-order valence-corrected chi connectivity index (χ0v) is 22.3. The van der Waals surface area contributed by atoms with Crippen LogP contribution in [-0.4, -0.2) is 52.1 Å². The number of aliphatic hydroxyl groups excluding tert-OH is 1. The average Bonchev–Trinajstić information content (AvgIpc) is 3.46. The second kappa shape index (κ2) is 8.93. The van der Waals surface area contributed by atoms with Gasteiger partial charge in [0.2, 0.25) is 0 Å². The SMILES string of the molecule is COC1Oc2cc(O)c3c(c2C(=O)N1C(=O)NCc1csc2ccccc12)OC1=CC(O)=C(C(C)=O)C(=O)[C@]13C. The highest BCUT2D eigenvalue weighted by Gasteiger charge is 2.56. The van der Waals surface area contributed by atoms with E-state index in [0.29, 0.717) is 0 Å². The van der Waals surface area contributed by atoms with E-state index in [4.69, 9.17) is 14.2 Å². The lowest BCUT2D eigenvalue weighted by Crippen LogP contribution is -2.54. The first-order valence-electron chi connectivity index (χ1n) is 12.1. The van der Waals surface area contributed by atoms with E-state index in [1.807, 2.05) is 29.6 Å². The highest BCUT2D eigenvalue weighted by Crippen LogP contribution is 2.57. The Kier molecular flexibility index (Phi) is 5.71. The molecule has 2 aliphatic heterocycles. The van der Waals surface area contributed by atoms with E-state index in [1.165, 1.54) is 25.4 Å². The molecule has 3 amide bonds. The van der Waals surface area contributed by atoms with Gasteiger partial charge in [-0.3, -0.25) is 14.4 Å². The number of thiophene rings is 1. The first kappa shape index (κ1) is 25.6. The summed E-state index contributed by atoms with van der Waals surface area (Å²) in [6.45, 7) is 2.67. The molecule has 3 aliphatic rings. The van der Waals surface area contributed by atoms with Crippen LogP contribution in [0.1, 0.15) is 35.3 Å². The van der Waals surface area contributed by atoms with Crippen LogP contribution >= 0.6 is 11.3 Å². The smallest absolute Gasteiger partial charge is 0.329 e. The lowest BCUT2D eigenvalue weighted by Gasteiger charge is -2.34. The van der Waals surface area contributed by atoms with E-state index in [-0.39, 0.29) is 34.9 Å². The van der Waals surface area contributed by atoms with Gasteiger partial charge in [0.1, 0.15) is 39.6 Å². The highest BCUT2D eigenvalue weighted by molar-refractivity contribution is 7.17. The van der Waals surface area contributed by atoms with Gasteiger partial charge in [-0.1, -0.05) is 18.2 Å². The number of ether oxygens (including phenoxy) is 3. The van der Waals surface area contributed by atoms with Gasteiger partial charge in [-0.05, 0) is 36.2 Å². The molecule has 40 heavy (non-hydrogen) atoms. The maximum absolute atomic E-state index is 13.8. The van der Waals surface area contributed by atoms with Crippen molar-refractivity contribution in [2.45, 2.75) is 32.2 Å². The van der Waals surface area contributed by atoms with Crippen molar-refractivity contribution in [2.24, 2.45) is 0 Å². The number of fused-ring (bicyclic) bond motifs is 6. The van der Waals surface area contributed by atoms with Gasteiger partial charge in [-0.15, -0.1) is 11.3 Å². The van der Waals surface area contributed by atoms with E-state index in [1.54, 1.807) is 0 Å². The number of ketones is 2. The number of allylic oxidation sites excluding steroid dienone is 3. The number of hydrogen-bond acceptors (Lipinski definition) is 10. The number of nitrogens with zero attached hydrogens (tertiary/aromatic N) is 1. The van der Waals surface area contributed by atoms with Gasteiger partial charge in [-0.2, -0.15) is 4.90 Å². The van der Waals surface area contributed by atoms with Gasteiger partial charge in [0.05, 0.1) is 5.56 Å². The Hall–Kier alpha value is -4.68. The molecule has 11 nitrogen and oxygen atoms in total. The summed E-state index contributed by atoms with van der Waals surface area (Å²) in [6.07, 6.45) is -0.363. The van der Waals surface area contributed by atoms with Gasteiger partial charge in [0, 0.05) is 30.5 Å². The summed E-state index contributed by atoms with van der Waals surface area (Å²) in [5.74, 6) is -3.83.